The first kappa shape index (κ1) is 18.8. The molecule has 5 heteroatoms. The molecule has 1 saturated heterocycles. The predicted molar refractivity (Wildman–Crippen MR) is 99.4 cm³/mol. The molecule has 2 heterocycles. The Morgan fingerprint density at radius 2 is 2.21 bits per heavy atom. The van der Waals surface area contributed by atoms with Gasteiger partial charge in [0.1, 0.15) is 11.3 Å². The third kappa shape index (κ3) is 4.31. The first-order valence-corrected chi connectivity index (χ1v) is 8.59. The predicted octanol–water partition coefficient (Wildman–Crippen LogP) is 3.81. The van der Waals surface area contributed by atoms with Crippen LogP contribution in [0.25, 0.3) is 11.0 Å². The number of para-hydroxylation sites is 1. The Balaban J connectivity index is 0.00000208. The first-order valence-electron chi connectivity index (χ1n) is 8.59. The van der Waals surface area contributed by atoms with Crippen LogP contribution in [0, 0.1) is 18.8 Å². The van der Waals surface area contributed by atoms with Gasteiger partial charge in [-0.05, 0) is 50.8 Å². The zero-order valence-electron chi connectivity index (χ0n) is 14.4. The summed E-state index contributed by atoms with van der Waals surface area (Å²) < 4.78 is 5.85. The number of carbonyl (C=O) groups is 1. The summed E-state index contributed by atoms with van der Waals surface area (Å²) in [6.07, 6.45) is 3.03. The van der Waals surface area contributed by atoms with Gasteiger partial charge in [0, 0.05) is 17.4 Å². The van der Waals surface area contributed by atoms with Crippen LogP contribution in [0.3, 0.4) is 0 Å². The zero-order chi connectivity index (χ0) is 16.2. The Hall–Kier alpha value is -1.52. The Morgan fingerprint density at radius 3 is 2.92 bits per heavy atom. The standard InChI is InChI=1S/C19H26N2O2.ClH/c1-13(15-6-5-9-20-11-15)10-19(22)21-12-18-14(2)16-7-3-4-8-17(16)23-18;/h3-4,7-8,13,15,20H,5-6,9-12H2,1-2H3,(H,21,22);1H. The van der Waals surface area contributed by atoms with Crippen LogP contribution < -0.4 is 10.6 Å². The number of fused-ring (bicyclic) bond motifs is 1. The van der Waals surface area contributed by atoms with Crippen molar-refractivity contribution >= 4 is 29.3 Å². The molecule has 0 radical (unpaired) electrons. The minimum Gasteiger partial charge on any atom is -0.459 e. The SMILES string of the molecule is Cc1c(CNC(=O)CC(C)C2CCCNC2)oc2ccccc12.Cl. The van der Waals surface area contributed by atoms with E-state index in [1.807, 2.05) is 25.1 Å². The van der Waals surface area contributed by atoms with E-state index in [4.69, 9.17) is 4.42 Å². The lowest BCUT2D eigenvalue weighted by Crippen LogP contribution is -2.35. The van der Waals surface area contributed by atoms with Crippen LogP contribution in [-0.2, 0) is 11.3 Å². The van der Waals surface area contributed by atoms with Gasteiger partial charge in [-0.15, -0.1) is 12.4 Å². The van der Waals surface area contributed by atoms with Crippen molar-refractivity contribution in [1.29, 1.82) is 0 Å². The molecule has 0 bridgehead atoms. The summed E-state index contributed by atoms with van der Waals surface area (Å²) >= 11 is 0. The zero-order valence-corrected chi connectivity index (χ0v) is 15.2. The van der Waals surface area contributed by atoms with Gasteiger partial charge in [0.25, 0.3) is 0 Å². The van der Waals surface area contributed by atoms with Gasteiger partial charge in [-0.2, -0.15) is 0 Å². The summed E-state index contributed by atoms with van der Waals surface area (Å²) in [5.41, 5.74) is 2.00. The largest absolute Gasteiger partial charge is 0.459 e. The summed E-state index contributed by atoms with van der Waals surface area (Å²) in [4.78, 5) is 12.2. The first-order chi connectivity index (χ1) is 11.1. The van der Waals surface area contributed by atoms with E-state index in [0.29, 0.717) is 24.8 Å². The fourth-order valence-corrected chi connectivity index (χ4v) is 3.47. The van der Waals surface area contributed by atoms with Crippen molar-refractivity contribution in [3.8, 4) is 0 Å². The van der Waals surface area contributed by atoms with E-state index in [1.54, 1.807) is 0 Å². The van der Waals surface area contributed by atoms with Crippen LogP contribution in [0.15, 0.2) is 28.7 Å². The average Bonchev–Trinajstić information content (AvgIpc) is 2.90. The van der Waals surface area contributed by atoms with Gasteiger partial charge in [0.15, 0.2) is 0 Å². The van der Waals surface area contributed by atoms with Crippen LogP contribution in [0.2, 0.25) is 0 Å². The molecule has 2 atom stereocenters. The monoisotopic (exact) mass is 350 g/mol. The quantitative estimate of drug-likeness (QED) is 0.862. The van der Waals surface area contributed by atoms with Crippen molar-refractivity contribution in [2.24, 2.45) is 11.8 Å². The second-order valence-electron chi connectivity index (χ2n) is 6.71. The molecule has 1 amide bonds. The number of amides is 1. The number of hydrogen-bond acceptors (Lipinski definition) is 3. The lowest BCUT2D eigenvalue weighted by Gasteiger charge is -2.27. The number of furan rings is 1. The molecule has 0 aliphatic carbocycles. The Kier molecular flexibility index (Phi) is 6.69. The van der Waals surface area contributed by atoms with E-state index in [9.17, 15) is 4.79 Å². The topological polar surface area (TPSA) is 54.3 Å². The molecule has 1 aromatic carbocycles. The number of piperidine rings is 1. The lowest BCUT2D eigenvalue weighted by molar-refractivity contribution is -0.122. The molecule has 2 unspecified atom stereocenters. The van der Waals surface area contributed by atoms with E-state index in [2.05, 4.69) is 23.6 Å². The minimum atomic E-state index is 0. The number of hydrogen-bond donors (Lipinski definition) is 2. The van der Waals surface area contributed by atoms with E-state index in [-0.39, 0.29) is 18.3 Å². The van der Waals surface area contributed by atoms with Gasteiger partial charge >= 0.3 is 0 Å². The normalized spacial score (nSPS) is 18.8. The van der Waals surface area contributed by atoms with Crippen LogP contribution in [0.5, 0.6) is 0 Å². The minimum absolute atomic E-state index is 0. The Morgan fingerprint density at radius 1 is 1.42 bits per heavy atom. The number of nitrogens with one attached hydrogen (secondary N) is 2. The van der Waals surface area contributed by atoms with Crippen molar-refractivity contribution < 1.29 is 9.21 Å². The van der Waals surface area contributed by atoms with Gasteiger partial charge in [-0.1, -0.05) is 25.1 Å². The van der Waals surface area contributed by atoms with E-state index >= 15 is 0 Å². The number of benzene rings is 1. The van der Waals surface area contributed by atoms with Crippen molar-refractivity contribution in [3.05, 3.63) is 35.6 Å². The Bertz CT molecular complexity index is 677. The maximum absolute atomic E-state index is 12.2. The smallest absolute Gasteiger partial charge is 0.220 e. The second-order valence-corrected chi connectivity index (χ2v) is 6.71. The number of halogens is 1. The molecule has 1 aromatic heterocycles. The van der Waals surface area contributed by atoms with Gasteiger partial charge in [0.2, 0.25) is 5.91 Å². The fraction of sp³-hybridized carbons (Fsp3) is 0.526. The second kappa shape index (κ2) is 8.54. The maximum atomic E-state index is 12.2. The molecule has 2 N–H and O–H groups in total. The van der Waals surface area contributed by atoms with Crippen molar-refractivity contribution in [1.82, 2.24) is 10.6 Å². The van der Waals surface area contributed by atoms with Crippen molar-refractivity contribution in [2.75, 3.05) is 13.1 Å². The third-order valence-corrected chi connectivity index (χ3v) is 5.04. The van der Waals surface area contributed by atoms with E-state index in [1.165, 1.54) is 12.8 Å². The van der Waals surface area contributed by atoms with Gasteiger partial charge in [0.05, 0.1) is 6.54 Å². The van der Waals surface area contributed by atoms with Crippen molar-refractivity contribution in [3.63, 3.8) is 0 Å². The van der Waals surface area contributed by atoms with Crippen LogP contribution >= 0.6 is 12.4 Å². The maximum Gasteiger partial charge on any atom is 0.220 e. The Labute approximate surface area is 149 Å². The number of carbonyl (C=O) groups excluding carboxylic acids is 1. The summed E-state index contributed by atoms with van der Waals surface area (Å²) in [7, 11) is 0. The summed E-state index contributed by atoms with van der Waals surface area (Å²) in [6, 6.07) is 7.99. The van der Waals surface area contributed by atoms with Gasteiger partial charge < -0.3 is 15.1 Å². The van der Waals surface area contributed by atoms with Gasteiger partial charge in [-0.25, -0.2) is 0 Å². The summed E-state index contributed by atoms with van der Waals surface area (Å²) in [5.74, 6) is 2.00. The number of rotatable bonds is 5. The third-order valence-electron chi connectivity index (χ3n) is 5.04. The molecule has 1 aliphatic heterocycles. The van der Waals surface area contributed by atoms with Gasteiger partial charge in [-0.3, -0.25) is 4.79 Å². The molecule has 24 heavy (non-hydrogen) atoms. The van der Waals surface area contributed by atoms with Crippen molar-refractivity contribution in [2.45, 2.75) is 39.7 Å². The molecule has 2 aromatic rings. The molecule has 0 saturated carbocycles. The fourth-order valence-electron chi connectivity index (χ4n) is 3.47. The molecule has 1 aliphatic rings. The molecule has 3 rings (SSSR count). The van der Waals surface area contributed by atoms with Crippen LogP contribution in [0.1, 0.15) is 37.5 Å². The average molecular weight is 351 g/mol. The highest BCUT2D eigenvalue weighted by Crippen LogP contribution is 2.25. The highest BCUT2D eigenvalue weighted by atomic mass is 35.5. The summed E-state index contributed by atoms with van der Waals surface area (Å²) in [5, 5.41) is 7.56. The van der Waals surface area contributed by atoms with E-state index < -0.39 is 0 Å². The molecule has 4 nitrogen and oxygen atoms in total. The molecule has 132 valence electrons. The lowest BCUT2D eigenvalue weighted by atomic mass is 9.85. The highest BCUT2D eigenvalue weighted by Gasteiger charge is 2.22. The summed E-state index contributed by atoms with van der Waals surface area (Å²) in [6.45, 7) is 6.85. The molecular formula is C19H27ClN2O2. The molecular weight excluding hydrogens is 324 g/mol. The highest BCUT2D eigenvalue weighted by molar-refractivity contribution is 5.85. The van der Waals surface area contributed by atoms with E-state index in [0.717, 1.165) is 35.4 Å². The van der Waals surface area contributed by atoms with Crippen LogP contribution in [0.4, 0.5) is 0 Å². The van der Waals surface area contributed by atoms with Crippen LogP contribution in [-0.4, -0.2) is 19.0 Å². The number of aryl methyl sites for hydroxylation is 1. The molecule has 0 spiro atoms. The molecule has 1 fully saturated rings.